The summed E-state index contributed by atoms with van der Waals surface area (Å²) in [5.74, 6) is 0.353. The first-order valence-corrected chi connectivity index (χ1v) is 5.16. The van der Waals surface area contributed by atoms with Gasteiger partial charge in [-0.25, -0.2) is 4.39 Å². The van der Waals surface area contributed by atoms with Gasteiger partial charge in [0.05, 0.1) is 10.7 Å². The van der Waals surface area contributed by atoms with E-state index in [1.54, 1.807) is 6.07 Å². The van der Waals surface area contributed by atoms with E-state index in [4.69, 9.17) is 11.6 Å². The van der Waals surface area contributed by atoms with Crippen LogP contribution in [0, 0.1) is 11.7 Å². The highest BCUT2D eigenvalue weighted by atomic mass is 35.5. The lowest BCUT2D eigenvalue weighted by Gasteiger charge is -2.09. The maximum atomic E-state index is 12.7. The molecule has 0 amide bonds. The summed E-state index contributed by atoms with van der Waals surface area (Å²) in [6, 6.07) is 4.39. The SMILES string of the molecule is CC(C)CCNc1ccc(F)cc1Cl. The molecule has 0 saturated heterocycles. The topological polar surface area (TPSA) is 12.0 Å². The molecule has 0 radical (unpaired) electrons. The molecule has 0 fully saturated rings. The molecule has 3 heteroatoms. The summed E-state index contributed by atoms with van der Waals surface area (Å²) >= 11 is 5.84. The number of anilines is 1. The predicted octanol–water partition coefficient (Wildman–Crippen LogP) is 3.94. The molecule has 0 unspecified atom stereocenters. The molecule has 1 N–H and O–H groups in total. The zero-order chi connectivity index (χ0) is 10.6. The Morgan fingerprint density at radius 3 is 2.71 bits per heavy atom. The first-order valence-electron chi connectivity index (χ1n) is 4.78. The minimum absolute atomic E-state index is 0.301. The van der Waals surface area contributed by atoms with Crippen molar-refractivity contribution in [3.63, 3.8) is 0 Å². The molecular formula is C11H15ClFN. The maximum absolute atomic E-state index is 12.7. The van der Waals surface area contributed by atoms with Crippen molar-refractivity contribution < 1.29 is 4.39 Å². The van der Waals surface area contributed by atoms with Crippen LogP contribution in [0.15, 0.2) is 18.2 Å². The Balaban J connectivity index is 2.51. The predicted molar refractivity (Wildman–Crippen MR) is 59.4 cm³/mol. The minimum atomic E-state index is -0.301. The van der Waals surface area contributed by atoms with Crippen LogP contribution in [0.3, 0.4) is 0 Å². The molecule has 0 aromatic heterocycles. The van der Waals surface area contributed by atoms with E-state index in [1.165, 1.54) is 12.1 Å². The molecule has 1 aromatic carbocycles. The average Bonchev–Trinajstić information content (AvgIpc) is 2.08. The summed E-state index contributed by atoms with van der Waals surface area (Å²) in [4.78, 5) is 0. The summed E-state index contributed by atoms with van der Waals surface area (Å²) in [6.45, 7) is 5.19. The second-order valence-corrected chi connectivity index (χ2v) is 4.14. The monoisotopic (exact) mass is 215 g/mol. The Morgan fingerprint density at radius 2 is 2.14 bits per heavy atom. The van der Waals surface area contributed by atoms with Crippen LogP contribution in [-0.4, -0.2) is 6.54 Å². The standard InChI is InChI=1S/C11H15ClFN/c1-8(2)5-6-14-11-4-3-9(13)7-10(11)12/h3-4,7-8,14H,5-6H2,1-2H3. The Kier molecular flexibility index (Phi) is 4.21. The van der Waals surface area contributed by atoms with E-state index in [0.717, 1.165) is 18.7 Å². The Bertz CT molecular complexity index is 299. The molecule has 0 bridgehead atoms. The summed E-state index contributed by atoms with van der Waals surface area (Å²) < 4.78 is 12.7. The molecule has 0 atom stereocenters. The fourth-order valence-corrected chi connectivity index (χ4v) is 1.36. The highest BCUT2D eigenvalue weighted by molar-refractivity contribution is 6.33. The highest BCUT2D eigenvalue weighted by Crippen LogP contribution is 2.22. The summed E-state index contributed by atoms with van der Waals surface area (Å²) in [6.07, 6.45) is 1.08. The lowest BCUT2D eigenvalue weighted by molar-refractivity contribution is 0.607. The van der Waals surface area contributed by atoms with E-state index in [0.29, 0.717) is 10.9 Å². The molecule has 0 saturated carbocycles. The van der Waals surface area contributed by atoms with Crippen molar-refractivity contribution in [3.05, 3.63) is 29.0 Å². The summed E-state index contributed by atoms with van der Waals surface area (Å²) in [5.41, 5.74) is 0.800. The minimum Gasteiger partial charge on any atom is -0.384 e. The van der Waals surface area contributed by atoms with E-state index in [2.05, 4.69) is 19.2 Å². The first kappa shape index (κ1) is 11.3. The van der Waals surface area contributed by atoms with Gasteiger partial charge in [0.25, 0.3) is 0 Å². The fraction of sp³-hybridized carbons (Fsp3) is 0.455. The highest BCUT2D eigenvalue weighted by Gasteiger charge is 2.01. The van der Waals surface area contributed by atoms with Gasteiger partial charge in [-0.3, -0.25) is 0 Å². The van der Waals surface area contributed by atoms with Crippen LogP contribution in [0.2, 0.25) is 5.02 Å². The average molecular weight is 216 g/mol. The molecule has 0 spiro atoms. The smallest absolute Gasteiger partial charge is 0.124 e. The van der Waals surface area contributed by atoms with Crippen molar-refractivity contribution in [1.29, 1.82) is 0 Å². The largest absolute Gasteiger partial charge is 0.384 e. The van der Waals surface area contributed by atoms with E-state index in [1.807, 2.05) is 0 Å². The van der Waals surface area contributed by atoms with Crippen LogP contribution in [0.5, 0.6) is 0 Å². The van der Waals surface area contributed by atoms with Crippen molar-refractivity contribution >= 4 is 17.3 Å². The van der Waals surface area contributed by atoms with Crippen LogP contribution < -0.4 is 5.32 Å². The van der Waals surface area contributed by atoms with Crippen molar-refractivity contribution in [2.75, 3.05) is 11.9 Å². The van der Waals surface area contributed by atoms with Gasteiger partial charge in [0.1, 0.15) is 5.82 Å². The lowest BCUT2D eigenvalue weighted by Crippen LogP contribution is -2.05. The molecule has 1 nitrogen and oxygen atoms in total. The number of hydrogen-bond donors (Lipinski definition) is 1. The van der Waals surface area contributed by atoms with Gasteiger partial charge in [-0.1, -0.05) is 25.4 Å². The molecule has 0 heterocycles. The fourth-order valence-electron chi connectivity index (χ4n) is 1.13. The van der Waals surface area contributed by atoms with Gasteiger partial charge in [0.2, 0.25) is 0 Å². The van der Waals surface area contributed by atoms with Crippen LogP contribution in [0.25, 0.3) is 0 Å². The zero-order valence-electron chi connectivity index (χ0n) is 8.48. The van der Waals surface area contributed by atoms with Gasteiger partial charge in [-0.15, -0.1) is 0 Å². The van der Waals surface area contributed by atoms with Gasteiger partial charge in [-0.05, 0) is 30.5 Å². The van der Waals surface area contributed by atoms with Gasteiger partial charge in [-0.2, -0.15) is 0 Å². The quantitative estimate of drug-likeness (QED) is 0.803. The van der Waals surface area contributed by atoms with E-state index in [9.17, 15) is 4.39 Å². The molecule has 14 heavy (non-hydrogen) atoms. The number of rotatable bonds is 4. The Hall–Kier alpha value is -0.760. The van der Waals surface area contributed by atoms with Gasteiger partial charge in [0, 0.05) is 6.54 Å². The third kappa shape index (κ3) is 3.54. The molecule has 78 valence electrons. The number of hydrogen-bond acceptors (Lipinski definition) is 1. The third-order valence-electron chi connectivity index (χ3n) is 1.97. The van der Waals surface area contributed by atoms with E-state index < -0.39 is 0 Å². The third-order valence-corrected chi connectivity index (χ3v) is 2.28. The number of nitrogens with one attached hydrogen (secondary N) is 1. The molecular weight excluding hydrogens is 201 g/mol. The first-order chi connectivity index (χ1) is 6.59. The zero-order valence-corrected chi connectivity index (χ0v) is 9.24. The Morgan fingerprint density at radius 1 is 1.43 bits per heavy atom. The second kappa shape index (κ2) is 5.20. The normalized spacial score (nSPS) is 10.6. The number of benzene rings is 1. The van der Waals surface area contributed by atoms with Crippen molar-refractivity contribution in [1.82, 2.24) is 0 Å². The lowest BCUT2D eigenvalue weighted by atomic mass is 10.1. The van der Waals surface area contributed by atoms with Crippen molar-refractivity contribution in [2.24, 2.45) is 5.92 Å². The molecule has 1 rings (SSSR count). The van der Waals surface area contributed by atoms with Crippen LogP contribution in [-0.2, 0) is 0 Å². The van der Waals surface area contributed by atoms with Crippen molar-refractivity contribution in [3.8, 4) is 0 Å². The molecule has 0 aliphatic rings. The number of halogens is 2. The van der Waals surface area contributed by atoms with Crippen LogP contribution in [0.1, 0.15) is 20.3 Å². The molecule has 0 aliphatic heterocycles. The van der Waals surface area contributed by atoms with Gasteiger partial charge in [0.15, 0.2) is 0 Å². The second-order valence-electron chi connectivity index (χ2n) is 3.73. The van der Waals surface area contributed by atoms with E-state index in [-0.39, 0.29) is 5.82 Å². The van der Waals surface area contributed by atoms with Crippen LogP contribution >= 0.6 is 11.6 Å². The van der Waals surface area contributed by atoms with Gasteiger partial charge < -0.3 is 5.32 Å². The van der Waals surface area contributed by atoms with Crippen LogP contribution in [0.4, 0.5) is 10.1 Å². The Labute approximate surface area is 89.3 Å². The maximum Gasteiger partial charge on any atom is 0.124 e. The summed E-state index contributed by atoms with van der Waals surface area (Å²) in [7, 11) is 0. The summed E-state index contributed by atoms with van der Waals surface area (Å²) in [5, 5.41) is 3.61. The van der Waals surface area contributed by atoms with E-state index >= 15 is 0 Å². The van der Waals surface area contributed by atoms with Crippen molar-refractivity contribution in [2.45, 2.75) is 20.3 Å². The van der Waals surface area contributed by atoms with Gasteiger partial charge >= 0.3 is 0 Å². The molecule has 0 aliphatic carbocycles. The molecule has 1 aromatic rings.